The number of fused-ring (bicyclic) bond motifs is 3. The second-order valence-corrected chi connectivity index (χ2v) is 7.09. The van der Waals surface area contributed by atoms with Crippen LogP contribution in [0.4, 0.5) is 15.3 Å². The molecule has 1 saturated heterocycles. The standard InChI is InChI=1S/C19H21N5O4/c1-11(25)21-8-14-9-23(19(27)28-14)13-5-6-15-12(7-13)3-2-4-17-16(15)10-24(22-17)18(20)26/h5-7,10,14H,2-4,8-9H2,1H3,(H2,20,26)(H,21,25)/p+1. The number of carbonyl (C=O) groups is 3. The van der Waals surface area contributed by atoms with Gasteiger partial charge in [0.1, 0.15) is 6.10 Å². The number of aryl methyl sites for hydroxylation is 2. The Morgan fingerprint density at radius 2 is 2.14 bits per heavy atom. The third-order valence-corrected chi connectivity index (χ3v) is 5.09. The molecule has 9 nitrogen and oxygen atoms in total. The Kier molecular flexibility index (Phi) is 4.50. The molecule has 0 spiro atoms. The lowest BCUT2D eigenvalue weighted by atomic mass is 9.99. The molecule has 146 valence electrons. The van der Waals surface area contributed by atoms with E-state index < -0.39 is 12.1 Å². The van der Waals surface area contributed by atoms with Crippen molar-refractivity contribution in [3.8, 4) is 11.1 Å². The van der Waals surface area contributed by atoms with E-state index in [1.807, 2.05) is 18.2 Å². The first-order chi connectivity index (χ1) is 13.4. The summed E-state index contributed by atoms with van der Waals surface area (Å²) in [5.41, 5.74) is 10.2. The number of ether oxygens (including phenoxy) is 1. The number of amides is 3. The van der Waals surface area contributed by atoms with E-state index in [4.69, 9.17) is 10.5 Å². The highest BCUT2D eigenvalue weighted by molar-refractivity contribution is 5.90. The predicted octanol–water partition coefficient (Wildman–Crippen LogP) is 0.846. The molecule has 0 radical (unpaired) electrons. The molecule has 4 rings (SSSR count). The topological polar surface area (TPSA) is 121 Å². The molecule has 2 aliphatic rings. The van der Waals surface area contributed by atoms with Gasteiger partial charge in [-0.15, -0.1) is 5.10 Å². The van der Waals surface area contributed by atoms with Crippen molar-refractivity contribution in [2.24, 2.45) is 5.73 Å². The number of anilines is 1. The van der Waals surface area contributed by atoms with Gasteiger partial charge in [-0.05, 0) is 36.1 Å². The second-order valence-electron chi connectivity index (χ2n) is 7.09. The lowest BCUT2D eigenvalue weighted by Crippen LogP contribution is -2.33. The van der Waals surface area contributed by atoms with Gasteiger partial charge >= 0.3 is 12.1 Å². The number of nitrogens with zero attached hydrogens (tertiary/aromatic N) is 2. The summed E-state index contributed by atoms with van der Waals surface area (Å²) in [6.45, 7) is 2.11. The van der Waals surface area contributed by atoms with Crippen LogP contribution in [0.3, 0.4) is 0 Å². The quantitative estimate of drug-likeness (QED) is 0.815. The van der Waals surface area contributed by atoms with E-state index in [-0.39, 0.29) is 12.0 Å². The first-order valence-electron chi connectivity index (χ1n) is 9.21. The minimum atomic E-state index is -0.559. The fraction of sp³-hybridized carbons (Fsp3) is 0.368. The molecular weight excluding hydrogens is 362 g/mol. The number of hydrogen-bond acceptors (Lipinski definition) is 4. The van der Waals surface area contributed by atoms with Crippen molar-refractivity contribution in [1.82, 2.24) is 10.00 Å². The van der Waals surface area contributed by atoms with Gasteiger partial charge in [0, 0.05) is 19.0 Å². The van der Waals surface area contributed by atoms with Gasteiger partial charge in [-0.2, -0.15) is 0 Å². The van der Waals surface area contributed by atoms with E-state index in [0.29, 0.717) is 13.1 Å². The third kappa shape index (κ3) is 3.30. The number of hydrogen-bond donors (Lipinski definition) is 2. The van der Waals surface area contributed by atoms with Gasteiger partial charge in [-0.25, -0.2) is 9.59 Å². The summed E-state index contributed by atoms with van der Waals surface area (Å²) < 4.78 is 6.64. The molecular formula is C19H22N5O4+. The molecule has 1 fully saturated rings. The van der Waals surface area contributed by atoms with Gasteiger partial charge < -0.3 is 15.8 Å². The van der Waals surface area contributed by atoms with E-state index in [1.54, 1.807) is 11.1 Å². The molecule has 0 saturated carbocycles. The van der Waals surface area contributed by atoms with Gasteiger partial charge in [0.05, 0.1) is 24.8 Å². The smallest absolute Gasteiger partial charge is 0.414 e. The molecule has 3 amide bonds. The monoisotopic (exact) mass is 384 g/mol. The number of nitrogens with two attached hydrogens (primary N) is 1. The Labute approximate surface area is 161 Å². The van der Waals surface area contributed by atoms with Crippen LogP contribution in [0.1, 0.15) is 24.6 Å². The van der Waals surface area contributed by atoms with Gasteiger partial charge in [0.25, 0.3) is 0 Å². The Balaban J connectivity index is 1.61. The van der Waals surface area contributed by atoms with Crippen LogP contribution >= 0.6 is 0 Å². The number of cyclic esters (lactones) is 1. The molecule has 0 bridgehead atoms. The minimum absolute atomic E-state index is 0.157. The van der Waals surface area contributed by atoms with E-state index in [2.05, 4.69) is 10.4 Å². The number of carbonyl (C=O) groups excluding carboxylic acids is 3. The zero-order valence-electron chi connectivity index (χ0n) is 15.5. The summed E-state index contributed by atoms with van der Waals surface area (Å²) in [6.07, 6.45) is 3.51. The van der Waals surface area contributed by atoms with Gasteiger partial charge in [0.15, 0.2) is 0 Å². The van der Waals surface area contributed by atoms with Gasteiger partial charge in [-0.1, -0.05) is 10.7 Å². The van der Waals surface area contributed by atoms with Gasteiger partial charge in [-0.3, -0.25) is 9.69 Å². The summed E-state index contributed by atoms with van der Waals surface area (Å²) in [5.74, 6) is -0.157. The van der Waals surface area contributed by atoms with Crippen LogP contribution < -0.4 is 21.0 Å². The first-order valence-corrected chi connectivity index (χ1v) is 9.21. The average Bonchev–Trinajstić information content (AvgIpc) is 3.19. The van der Waals surface area contributed by atoms with Crippen LogP contribution in [0.2, 0.25) is 0 Å². The Hall–Kier alpha value is -3.36. The van der Waals surface area contributed by atoms with Crippen molar-refractivity contribution < 1.29 is 24.2 Å². The third-order valence-electron chi connectivity index (χ3n) is 5.09. The predicted molar refractivity (Wildman–Crippen MR) is 99.7 cm³/mol. The summed E-state index contributed by atoms with van der Waals surface area (Å²) in [5, 5.41) is 5.72. The van der Waals surface area contributed by atoms with E-state index in [0.717, 1.165) is 47.3 Å². The van der Waals surface area contributed by atoms with Crippen molar-refractivity contribution in [3.05, 3.63) is 35.7 Å². The average molecular weight is 384 g/mol. The van der Waals surface area contributed by atoms with Crippen molar-refractivity contribution >= 4 is 23.7 Å². The number of aromatic nitrogens is 2. The Morgan fingerprint density at radius 1 is 1.32 bits per heavy atom. The lowest BCUT2D eigenvalue weighted by molar-refractivity contribution is -0.480. The zero-order valence-corrected chi connectivity index (χ0v) is 15.5. The SMILES string of the molecule is CC(=O)NCC1CN(c2ccc3c(c2)CCCc2[nH+]n(C(N)=O)cc2-3)C(=O)O1. The van der Waals surface area contributed by atoms with Crippen molar-refractivity contribution in [2.75, 3.05) is 18.0 Å². The maximum atomic E-state index is 12.3. The highest BCUT2D eigenvalue weighted by Gasteiger charge is 2.33. The number of nitrogens with one attached hydrogen (secondary N) is 2. The molecule has 2 aromatic rings. The lowest BCUT2D eigenvalue weighted by Gasteiger charge is -2.16. The molecule has 1 atom stereocenters. The van der Waals surface area contributed by atoms with Crippen molar-refractivity contribution in [3.63, 3.8) is 0 Å². The van der Waals surface area contributed by atoms with Crippen molar-refractivity contribution in [2.45, 2.75) is 32.3 Å². The fourth-order valence-electron chi connectivity index (χ4n) is 3.76. The summed E-state index contributed by atoms with van der Waals surface area (Å²) in [6, 6.07) is 5.27. The maximum absolute atomic E-state index is 12.3. The van der Waals surface area contributed by atoms with Crippen molar-refractivity contribution in [1.29, 1.82) is 0 Å². The minimum Gasteiger partial charge on any atom is -0.442 e. The fourth-order valence-corrected chi connectivity index (χ4v) is 3.76. The van der Waals surface area contributed by atoms with Crippen LogP contribution in [-0.2, 0) is 22.4 Å². The van der Waals surface area contributed by atoms with E-state index >= 15 is 0 Å². The van der Waals surface area contributed by atoms with Crippen LogP contribution in [0.25, 0.3) is 11.1 Å². The van der Waals surface area contributed by atoms with Crippen LogP contribution in [0, 0.1) is 0 Å². The molecule has 1 aliphatic carbocycles. The Bertz CT molecular complexity index is 967. The zero-order chi connectivity index (χ0) is 19.8. The highest BCUT2D eigenvalue weighted by atomic mass is 16.6. The highest BCUT2D eigenvalue weighted by Crippen LogP contribution is 2.34. The molecule has 28 heavy (non-hydrogen) atoms. The van der Waals surface area contributed by atoms with Crippen LogP contribution in [0.5, 0.6) is 0 Å². The number of benzene rings is 1. The first kappa shape index (κ1) is 18.0. The van der Waals surface area contributed by atoms with Crippen LogP contribution in [0.15, 0.2) is 24.4 Å². The molecule has 1 aromatic carbocycles. The molecule has 2 heterocycles. The number of rotatable bonds is 3. The Morgan fingerprint density at radius 3 is 2.89 bits per heavy atom. The maximum Gasteiger partial charge on any atom is 0.414 e. The number of aromatic amines is 1. The molecule has 1 aromatic heterocycles. The normalized spacial score (nSPS) is 18.1. The number of H-pyrrole nitrogens is 1. The van der Waals surface area contributed by atoms with E-state index in [1.165, 1.54) is 11.6 Å². The largest absolute Gasteiger partial charge is 0.442 e. The molecule has 4 N–H and O–H groups in total. The number of primary amides is 1. The summed E-state index contributed by atoms with van der Waals surface area (Å²) in [4.78, 5) is 36.4. The molecule has 1 aliphatic heterocycles. The van der Waals surface area contributed by atoms with Crippen LogP contribution in [-0.4, -0.2) is 41.9 Å². The summed E-state index contributed by atoms with van der Waals surface area (Å²) in [7, 11) is 0. The van der Waals surface area contributed by atoms with Gasteiger partial charge in [0.2, 0.25) is 11.6 Å². The second kappa shape index (κ2) is 6.99. The van der Waals surface area contributed by atoms with E-state index in [9.17, 15) is 14.4 Å². The summed E-state index contributed by atoms with van der Waals surface area (Å²) >= 11 is 0. The molecule has 9 heteroatoms. The molecule has 1 unspecified atom stereocenters.